The third-order valence-corrected chi connectivity index (χ3v) is 2.71. The van der Waals surface area contributed by atoms with Gasteiger partial charge in [-0.3, -0.25) is 4.68 Å². The van der Waals surface area contributed by atoms with Gasteiger partial charge in [0, 0.05) is 13.2 Å². The molecular formula is C12H11F4N3. The normalized spacial score (nSPS) is 13.6. The molecule has 1 aromatic heterocycles. The first-order valence-electron chi connectivity index (χ1n) is 5.41. The second-order valence-corrected chi connectivity index (χ2v) is 4.12. The quantitative estimate of drug-likeness (QED) is 0.855. The van der Waals surface area contributed by atoms with Crippen LogP contribution in [0.1, 0.15) is 22.9 Å². The zero-order chi connectivity index (χ0) is 14.2. The Balaban J connectivity index is 2.51. The Morgan fingerprint density at radius 3 is 2.47 bits per heavy atom. The number of benzene rings is 1. The molecule has 0 saturated carbocycles. The van der Waals surface area contributed by atoms with Crippen LogP contribution in [0.2, 0.25) is 0 Å². The molecule has 0 spiro atoms. The maximum atomic E-state index is 13.2. The molecule has 1 atom stereocenters. The van der Waals surface area contributed by atoms with Crippen LogP contribution in [-0.4, -0.2) is 9.78 Å². The van der Waals surface area contributed by atoms with Gasteiger partial charge in [0.25, 0.3) is 0 Å². The number of halogens is 4. The van der Waals surface area contributed by atoms with E-state index in [0.29, 0.717) is 6.07 Å². The molecule has 0 aliphatic rings. The number of nitrogens with two attached hydrogens (primary N) is 1. The van der Waals surface area contributed by atoms with Gasteiger partial charge in [-0.1, -0.05) is 0 Å². The van der Waals surface area contributed by atoms with E-state index in [1.807, 2.05) is 0 Å². The van der Waals surface area contributed by atoms with E-state index in [2.05, 4.69) is 5.10 Å². The lowest BCUT2D eigenvalue weighted by molar-refractivity contribution is -0.138. The summed E-state index contributed by atoms with van der Waals surface area (Å²) in [5.74, 6) is -0.769. The van der Waals surface area contributed by atoms with E-state index in [0.717, 1.165) is 12.1 Å². The van der Waals surface area contributed by atoms with Crippen LogP contribution >= 0.6 is 0 Å². The van der Waals surface area contributed by atoms with Gasteiger partial charge in [0.05, 0.1) is 17.3 Å². The summed E-state index contributed by atoms with van der Waals surface area (Å²) in [7, 11) is 1.62. The van der Waals surface area contributed by atoms with Gasteiger partial charge >= 0.3 is 6.18 Å². The highest BCUT2D eigenvalue weighted by atomic mass is 19.4. The number of hydrogen-bond acceptors (Lipinski definition) is 2. The number of hydrogen-bond donors (Lipinski definition) is 1. The van der Waals surface area contributed by atoms with Gasteiger partial charge in [-0.15, -0.1) is 0 Å². The predicted octanol–water partition coefficient (Wildman–Crippen LogP) is 2.63. The molecule has 102 valence electrons. The van der Waals surface area contributed by atoms with Crippen LogP contribution < -0.4 is 5.73 Å². The Hall–Kier alpha value is -1.89. The standard InChI is InChI=1S/C12H11F4N3/c1-19-5-4-10(18-19)11(17)8-6-7(13)2-3-9(8)12(14,15)16/h2-6,11H,17H2,1H3. The molecule has 2 N–H and O–H groups in total. The molecule has 0 aliphatic carbocycles. The van der Waals surface area contributed by atoms with E-state index < -0.39 is 23.6 Å². The molecular weight excluding hydrogens is 262 g/mol. The summed E-state index contributed by atoms with van der Waals surface area (Å²) in [6, 6.07) is 2.61. The second-order valence-electron chi connectivity index (χ2n) is 4.12. The van der Waals surface area contributed by atoms with Crippen molar-refractivity contribution < 1.29 is 17.6 Å². The van der Waals surface area contributed by atoms with E-state index in [1.54, 1.807) is 13.2 Å². The van der Waals surface area contributed by atoms with Crippen molar-refractivity contribution in [1.82, 2.24) is 9.78 Å². The average molecular weight is 273 g/mol. The van der Waals surface area contributed by atoms with Crippen molar-refractivity contribution in [2.24, 2.45) is 12.8 Å². The average Bonchev–Trinajstić information content (AvgIpc) is 2.73. The van der Waals surface area contributed by atoms with Gasteiger partial charge < -0.3 is 5.73 Å². The molecule has 0 bridgehead atoms. The van der Waals surface area contributed by atoms with Crippen LogP contribution in [0.5, 0.6) is 0 Å². The van der Waals surface area contributed by atoms with Crippen LogP contribution in [-0.2, 0) is 13.2 Å². The zero-order valence-corrected chi connectivity index (χ0v) is 9.95. The van der Waals surface area contributed by atoms with Crippen molar-refractivity contribution in [1.29, 1.82) is 0 Å². The fourth-order valence-corrected chi connectivity index (χ4v) is 1.81. The van der Waals surface area contributed by atoms with Gasteiger partial charge in [-0.05, 0) is 29.8 Å². The van der Waals surface area contributed by atoms with Gasteiger partial charge in [0.2, 0.25) is 0 Å². The van der Waals surface area contributed by atoms with Crippen LogP contribution in [0.15, 0.2) is 30.5 Å². The highest BCUT2D eigenvalue weighted by Gasteiger charge is 2.35. The lowest BCUT2D eigenvalue weighted by Crippen LogP contribution is -2.19. The molecule has 3 nitrogen and oxygen atoms in total. The molecule has 1 heterocycles. The highest BCUT2D eigenvalue weighted by Crippen LogP contribution is 2.35. The molecule has 7 heteroatoms. The van der Waals surface area contributed by atoms with E-state index in [-0.39, 0.29) is 11.3 Å². The number of rotatable bonds is 2. The summed E-state index contributed by atoms with van der Waals surface area (Å²) in [6.07, 6.45) is -3.03. The maximum absolute atomic E-state index is 13.2. The summed E-state index contributed by atoms with van der Waals surface area (Å²) >= 11 is 0. The SMILES string of the molecule is Cn1ccc(C(N)c2cc(F)ccc2C(F)(F)F)n1. The van der Waals surface area contributed by atoms with E-state index in [1.165, 1.54) is 10.7 Å². The molecule has 0 radical (unpaired) electrons. The molecule has 2 rings (SSSR count). The number of alkyl halides is 3. The molecule has 1 unspecified atom stereocenters. The molecule has 0 saturated heterocycles. The van der Waals surface area contributed by atoms with E-state index in [4.69, 9.17) is 5.73 Å². The number of aryl methyl sites for hydroxylation is 1. The van der Waals surface area contributed by atoms with Gasteiger partial charge in [-0.25, -0.2) is 4.39 Å². The van der Waals surface area contributed by atoms with Crippen molar-refractivity contribution in [2.75, 3.05) is 0 Å². The molecule has 2 aromatic rings. The highest BCUT2D eigenvalue weighted by molar-refractivity contribution is 5.36. The first-order valence-corrected chi connectivity index (χ1v) is 5.41. The third-order valence-electron chi connectivity index (χ3n) is 2.71. The Bertz CT molecular complexity index is 589. The fourth-order valence-electron chi connectivity index (χ4n) is 1.81. The van der Waals surface area contributed by atoms with Crippen molar-refractivity contribution in [2.45, 2.75) is 12.2 Å². The fraction of sp³-hybridized carbons (Fsp3) is 0.250. The maximum Gasteiger partial charge on any atom is 0.416 e. The Kier molecular flexibility index (Phi) is 3.32. The van der Waals surface area contributed by atoms with Crippen molar-refractivity contribution in [3.05, 3.63) is 53.1 Å². The summed E-state index contributed by atoms with van der Waals surface area (Å²) in [5.41, 5.74) is 4.72. The minimum Gasteiger partial charge on any atom is -0.319 e. The van der Waals surface area contributed by atoms with Crippen LogP contribution in [0.4, 0.5) is 17.6 Å². The topological polar surface area (TPSA) is 43.8 Å². The molecule has 0 aliphatic heterocycles. The van der Waals surface area contributed by atoms with Crippen LogP contribution in [0.3, 0.4) is 0 Å². The lowest BCUT2D eigenvalue weighted by atomic mass is 9.98. The lowest BCUT2D eigenvalue weighted by Gasteiger charge is -2.17. The van der Waals surface area contributed by atoms with Gasteiger partial charge in [0.15, 0.2) is 0 Å². The van der Waals surface area contributed by atoms with Crippen LogP contribution in [0.25, 0.3) is 0 Å². The first-order chi connectivity index (χ1) is 8.79. The Morgan fingerprint density at radius 2 is 1.95 bits per heavy atom. The zero-order valence-electron chi connectivity index (χ0n) is 9.95. The monoisotopic (exact) mass is 273 g/mol. The number of aromatic nitrogens is 2. The predicted molar refractivity (Wildman–Crippen MR) is 60.6 cm³/mol. The van der Waals surface area contributed by atoms with Crippen LogP contribution in [0, 0.1) is 5.82 Å². The molecule has 1 aromatic carbocycles. The smallest absolute Gasteiger partial charge is 0.319 e. The van der Waals surface area contributed by atoms with E-state index >= 15 is 0 Å². The summed E-state index contributed by atoms with van der Waals surface area (Å²) in [4.78, 5) is 0. The first kappa shape index (κ1) is 13.5. The molecule has 19 heavy (non-hydrogen) atoms. The summed E-state index contributed by atoms with van der Waals surface area (Å²) in [6.45, 7) is 0. The van der Waals surface area contributed by atoms with Gasteiger partial charge in [-0.2, -0.15) is 18.3 Å². The largest absolute Gasteiger partial charge is 0.416 e. The van der Waals surface area contributed by atoms with Crippen molar-refractivity contribution >= 4 is 0 Å². The number of nitrogens with zero attached hydrogens (tertiary/aromatic N) is 2. The summed E-state index contributed by atoms with van der Waals surface area (Å²) in [5, 5.41) is 3.94. The minimum atomic E-state index is -4.59. The Labute approximate surface area is 106 Å². The Morgan fingerprint density at radius 1 is 1.26 bits per heavy atom. The molecule has 0 amide bonds. The second kappa shape index (κ2) is 4.65. The molecule has 0 fully saturated rings. The minimum absolute atomic E-state index is 0.249. The van der Waals surface area contributed by atoms with Crippen molar-refractivity contribution in [3.8, 4) is 0 Å². The van der Waals surface area contributed by atoms with E-state index in [9.17, 15) is 17.6 Å². The van der Waals surface area contributed by atoms with Crippen molar-refractivity contribution in [3.63, 3.8) is 0 Å². The van der Waals surface area contributed by atoms with Gasteiger partial charge in [0.1, 0.15) is 5.82 Å². The summed E-state index contributed by atoms with van der Waals surface area (Å²) < 4.78 is 53.2. The third kappa shape index (κ3) is 2.76.